The number of anilines is 1. The number of carbonyl (C=O) groups is 2. The number of hydrogen-bond donors (Lipinski definition) is 2. The van der Waals surface area contributed by atoms with Crippen molar-refractivity contribution in [2.24, 2.45) is 7.05 Å². The third-order valence-corrected chi connectivity index (χ3v) is 5.51. The van der Waals surface area contributed by atoms with Crippen molar-refractivity contribution in [1.29, 1.82) is 0 Å². The Kier molecular flexibility index (Phi) is 7.78. The van der Waals surface area contributed by atoms with Gasteiger partial charge in [0.2, 0.25) is 5.91 Å². The van der Waals surface area contributed by atoms with Crippen LogP contribution in [0.3, 0.4) is 0 Å². The van der Waals surface area contributed by atoms with E-state index in [1.807, 2.05) is 24.6 Å². The number of allylic oxidation sites excluding steroid dienone is 2. The number of thiazole rings is 1. The molecule has 0 atom stereocenters. The summed E-state index contributed by atoms with van der Waals surface area (Å²) in [5, 5.41) is 7.82. The lowest BCUT2D eigenvalue weighted by Gasteiger charge is -2.08. The summed E-state index contributed by atoms with van der Waals surface area (Å²) < 4.78 is 1.78. The van der Waals surface area contributed by atoms with E-state index in [0.29, 0.717) is 10.7 Å². The molecule has 0 bridgehead atoms. The highest BCUT2D eigenvalue weighted by atomic mass is 32.1. The highest BCUT2D eigenvalue weighted by Crippen LogP contribution is 2.29. The summed E-state index contributed by atoms with van der Waals surface area (Å²) in [5.41, 5.74) is 4.92. The molecule has 3 rings (SSSR count). The average molecular weight is 437 g/mol. The van der Waals surface area contributed by atoms with Crippen LogP contribution in [0.2, 0.25) is 0 Å². The lowest BCUT2D eigenvalue weighted by molar-refractivity contribution is -0.115. The zero-order valence-corrected chi connectivity index (χ0v) is 19.0. The van der Waals surface area contributed by atoms with E-state index >= 15 is 0 Å². The maximum absolute atomic E-state index is 12.2. The van der Waals surface area contributed by atoms with Crippen molar-refractivity contribution in [3.05, 3.63) is 65.3 Å². The minimum absolute atomic E-state index is 0.111. The van der Waals surface area contributed by atoms with E-state index in [1.165, 1.54) is 22.5 Å². The third-order valence-electron chi connectivity index (χ3n) is 4.75. The van der Waals surface area contributed by atoms with Gasteiger partial charge in [0.05, 0.1) is 17.8 Å². The monoisotopic (exact) mass is 436 g/mol. The van der Waals surface area contributed by atoms with Gasteiger partial charge in [0.25, 0.3) is 5.91 Å². The van der Waals surface area contributed by atoms with Gasteiger partial charge in [-0.1, -0.05) is 44.5 Å². The third kappa shape index (κ3) is 6.15. The Morgan fingerprint density at radius 3 is 2.74 bits per heavy atom. The van der Waals surface area contributed by atoms with E-state index in [1.54, 1.807) is 23.0 Å². The number of aryl methyl sites for hydroxylation is 1. The number of hydrogen-bond acceptors (Lipinski definition) is 4. The summed E-state index contributed by atoms with van der Waals surface area (Å²) in [7, 11) is 1.84. The smallest absolute Gasteiger partial charge is 0.253 e. The topological polar surface area (TPSA) is 76.0 Å². The summed E-state index contributed by atoms with van der Waals surface area (Å²) in [6, 6.07) is 10.1. The summed E-state index contributed by atoms with van der Waals surface area (Å²) in [6.45, 7) is 4.22. The van der Waals surface area contributed by atoms with E-state index in [2.05, 4.69) is 47.7 Å². The molecule has 0 spiro atoms. The molecule has 0 saturated heterocycles. The second-order valence-corrected chi connectivity index (χ2v) is 8.16. The Labute approximate surface area is 187 Å². The van der Waals surface area contributed by atoms with Gasteiger partial charge in [-0.3, -0.25) is 9.59 Å². The van der Waals surface area contributed by atoms with Crippen molar-refractivity contribution in [2.75, 3.05) is 11.9 Å². The van der Waals surface area contributed by atoms with Crippen LogP contribution in [0.25, 0.3) is 16.8 Å². The number of rotatable bonds is 9. The number of benzene rings is 1. The number of amides is 2. The molecule has 162 valence electrons. The van der Waals surface area contributed by atoms with Gasteiger partial charge in [-0.15, -0.1) is 11.3 Å². The fourth-order valence-electron chi connectivity index (χ4n) is 3.29. The molecule has 0 radical (unpaired) electrons. The summed E-state index contributed by atoms with van der Waals surface area (Å²) in [6.07, 6.45) is 8.92. The maximum Gasteiger partial charge on any atom is 0.253 e. The first-order chi connectivity index (χ1) is 15.0. The van der Waals surface area contributed by atoms with Crippen LogP contribution < -0.4 is 10.6 Å². The molecule has 1 aromatic carbocycles. The predicted octanol–water partition coefficient (Wildman–Crippen LogP) is 5.11. The molecule has 0 saturated carbocycles. The van der Waals surface area contributed by atoms with Gasteiger partial charge in [-0.2, -0.15) is 0 Å². The molecule has 2 heterocycles. The van der Waals surface area contributed by atoms with Gasteiger partial charge in [0.1, 0.15) is 0 Å². The van der Waals surface area contributed by atoms with Crippen LogP contribution in [0.1, 0.15) is 49.0 Å². The fourth-order valence-corrected chi connectivity index (χ4v) is 4.02. The number of aromatic nitrogens is 2. The molecule has 2 amide bonds. The zero-order chi connectivity index (χ0) is 22.2. The van der Waals surface area contributed by atoms with E-state index in [4.69, 9.17) is 0 Å². The van der Waals surface area contributed by atoms with Crippen LogP contribution in [0.4, 0.5) is 5.13 Å². The number of nitrogens with one attached hydrogen (secondary N) is 2. The summed E-state index contributed by atoms with van der Waals surface area (Å²) in [4.78, 5) is 28.8. The van der Waals surface area contributed by atoms with Crippen molar-refractivity contribution < 1.29 is 9.59 Å². The average Bonchev–Trinajstić information content (AvgIpc) is 3.41. The van der Waals surface area contributed by atoms with E-state index in [9.17, 15) is 9.59 Å². The SMILES string of the molecule is CC/C=C(\CCC)c1cccc(-c2csc(NC(=O)CNC(=O)c3ccn(C)c3)n2)c1. The van der Waals surface area contributed by atoms with Crippen molar-refractivity contribution in [3.8, 4) is 11.3 Å². The predicted molar refractivity (Wildman–Crippen MR) is 127 cm³/mol. The normalized spacial score (nSPS) is 11.4. The highest BCUT2D eigenvalue weighted by molar-refractivity contribution is 7.14. The van der Waals surface area contributed by atoms with Crippen LogP contribution in [-0.2, 0) is 11.8 Å². The molecule has 0 aliphatic rings. The van der Waals surface area contributed by atoms with Crippen LogP contribution in [0.5, 0.6) is 0 Å². The second kappa shape index (κ2) is 10.7. The van der Waals surface area contributed by atoms with E-state index < -0.39 is 0 Å². The summed E-state index contributed by atoms with van der Waals surface area (Å²) in [5.74, 6) is -0.592. The van der Waals surface area contributed by atoms with Gasteiger partial charge in [-0.25, -0.2) is 4.98 Å². The molecule has 0 unspecified atom stereocenters. The zero-order valence-electron chi connectivity index (χ0n) is 18.1. The first kappa shape index (κ1) is 22.5. The molecule has 2 N–H and O–H groups in total. The maximum atomic E-state index is 12.2. The lowest BCUT2D eigenvalue weighted by atomic mass is 9.98. The molecule has 6 nitrogen and oxygen atoms in total. The van der Waals surface area contributed by atoms with Gasteiger partial charge >= 0.3 is 0 Å². The van der Waals surface area contributed by atoms with Crippen molar-refractivity contribution in [2.45, 2.75) is 33.1 Å². The quantitative estimate of drug-likeness (QED) is 0.489. The second-order valence-electron chi connectivity index (χ2n) is 7.30. The van der Waals surface area contributed by atoms with Crippen molar-refractivity contribution in [3.63, 3.8) is 0 Å². The van der Waals surface area contributed by atoms with Crippen LogP contribution >= 0.6 is 11.3 Å². The molecule has 7 heteroatoms. The van der Waals surface area contributed by atoms with E-state index in [0.717, 1.165) is 30.5 Å². The Hall–Kier alpha value is -3.19. The Bertz CT molecular complexity index is 1080. The van der Waals surface area contributed by atoms with Crippen LogP contribution in [0, 0.1) is 0 Å². The molecule has 0 aliphatic heterocycles. The minimum Gasteiger partial charge on any atom is -0.356 e. The van der Waals surface area contributed by atoms with Crippen molar-refractivity contribution >= 4 is 33.9 Å². The van der Waals surface area contributed by atoms with Gasteiger partial charge in [-0.05, 0) is 36.1 Å². The number of nitrogens with zero attached hydrogens (tertiary/aromatic N) is 2. The molecular weight excluding hydrogens is 408 g/mol. The Morgan fingerprint density at radius 2 is 2.03 bits per heavy atom. The van der Waals surface area contributed by atoms with Gasteiger partial charge in [0, 0.05) is 30.4 Å². The van der Waals surface area contributed by atoms with Crippen molar-refractivity contribution in [1.82, 2.24) is 14.9 Å². The minimum atomic E-state index is -0.310. The first-order valence-corrected chi connectivity index (χ1v) is 11.3. The lowest BCUT2D eigenvalue weighted by Crippen LogP contribution is -2.32. The van der Waals surface area contributed by atoms with Crippen LogP contribution in [0.15, 0.2) is 54.2 Å². The van der Waals surface area contributed by atoms with Gasteiger partial charge in [0.15, 0.2) is 5.13 Å². The molecule has 31 heavy (non-hydrogen) atoms. The Balaban J connectivity index is 1.62. The molecular formula is C24H28N4O2S. The van der Waals surface area contributed by atoms with Gasteiger partial charge < -0.3 is 15.2 Å². The first-order valence-electron chi connectivity index (χ1n) is 10.5. The number of carbonyl (C=O) groups excluding carboxylic acids is 2. The Morgan fingerprint density at radius 1 is 1.19 bits per heavy atom. The molecule has 0 aliphatic carbocycles. The summed E-state index contributed by atoms with van der Waals surface area (Å²) >= 11 is 1.37. The molecule has 0 fully saturated rings. The highest BCUT2D eigenvalue weighted by Gasteiger charge is 2.12. The molecule has 2 aromatic heterocycles. The standard InChI is InChI=1S/C24H28N4O2S/c1-4-7-17(8-5-2)18-9-6-10-19(13-18)21-16-31-24(26-21)27-22(29)14-25-23(30)20-11-12-28(3)15-20/h6-7,9-13,15-16H,4-5,8,14H2,1-3H3,(H,25,30)(H,26,27,29)/b17-7+. The van der Waals surface area contributed by atoms with E-state index in [-0.39, 0.29) is 18.4 Å². The van der Waals surface area contributed by atoms with Crippen LogP contribution in [-0.4, -0.2) is 27.9 Å². The largest absolute Gasteiger partial charge is 0.356 e. The fraction of sp³-hybridized carbons (Fsp3) is 0.292. The molecule has 3 aromatic rings.